The smallest absolute Gasteiger partial charge is 0.176 e. The quantitative estimate of drug-likeness (QED) is 0.479. The Bertz CT molecular complexity index is 1170. The summed E-state index contributed by atoms with van der Waals surface area (Å²) >= 11 is 6.20. The molecule has 0 unspecified atom stereocenters. The molecule has 4 aromatic rings. The maximum absolute atomic E-state index is 13.4. The van der Waals surface area contributed by atoms with E-state index in [9.17, 15) is 4.39 Å². The molecule has 0 aliphatic rings. The second-order valence-corrected chi connectivity index (χ2v) is 7.38. The van der Waals surface area contributed by atoms with Gasteiger partial charge in [-0.3, -0.25) is 4.98 Å². The van der Waals surface area contributed by atoms with Gasteiger partial charge in [0.1, 0.15) is 11.6 Å². The minimum atomic E-state index is -0.781. The molecule has 0 fully saturated rings. The van der Waals surface area contributed by atoms with Gasteiger partial charge in [-0.1, -0.05) is 17.7 Å². The Morgan fingerprint density at radius 3 is 2.68 bits per heavy atom. The topological polar surface area (TPSA) is 52.8 Å². The summed E-state index contributed by atoms with van der Waals surface area (Å²) in [6.07, 6.45) is 1.75. The van der Waals surface area contributed by atoms with Gasteiger partial charge in [-0.2, -0.15) is 0 Å². The number of benzene rings is 2. The van der Waals surface area contributed by atoms with Crippen LogP contribution in [-0.4, -0.2) is 19.7 Å². The van der Waals surface area contributed by atoms with Crippen LogP contribution in [0.2, 0.25) is 5.02 Å². The van der Waals surface area contributed by atoms with Crippen molar-refractivity contribution in [3.8, 4) is 17.1 Å². The first-order valence-corrected chi connectivity index (χ1v) is 9.13. The fourth-order valence-corrected chi connectivity index (χ4v) is 3.50. The van der Waals surface area contributed by atoms with Crippen molar-refractivity contribution in [3.63, 3.8) is 0 Å². The van der Waals surface area contributed by atoms with Gasteiger partial charge >= 0.3 is 0 Å². The lowest BCUT2D eigenvalue weighted by molar-refractivity contribution is 0.0970. The predicted octanol–water partition coefficient (Wildman–Crippen LogP) is 5.14. The van der Waals surface area contributed by atoms with E-state index in [1.807, 2.05) is 55.8 Å². The van der Waals surface area contributed by atoms with E-state index in [4.69, 9.17) is 16.3 Å². The molecule has 5 nitrogen and oxygen atoms in total. The molecule has 0 saturated heterocycles. The molecule has 0 aliphatic heterocycles. The zero-order valence-corrected chi connectivity index (χ0v) is 16.4. The van der Waals surface area contributed by atoms with Gasteiger partial charge < -0.3 is 9.30 Å². The van der Waals surface area contributed by atoms with E-state index in [2.05, 4.69) is 15.2 Å². The first kappa shape index (κ1) is 18.4. The lowest BCUT2D eigenvalue weighted by Crippen LogP contribution is -2.29. The summed E-state index contributed by atoms with van der Waals surface area (Å²) < 4.78 is 21.5. The third-order valence-corrected chi connectivity index (χ3v) is 4.87. The van der Waals surface area contributed by atoms with Gasteiger partial charge in [0.25, 0.3) is 0 Å². The maximum atomic E-state index is 13.4. The Labute approximate surface area is 166 Å². The molecule has 142 valence electrons. The molecule has 0 aliphatic carbocycles. The second kappa shape index (κ2) is 6.87. The highest BCUT2D eigenvalue weighted by Gasteiger charge is 2.31. The highest BCUT2D eigenvalue weighted by atomic mass is 35.5. The molecule has 0 radical (unpaired) electrons. The molecule has 0 saturated carbocycles. The monoisotopic (exact) mass is 396 g/mol. The minimum absolute atomic E-state index is 0.279. The molecular formula is C21H18ClFN4O. The van der Waals surface area contributed by atoms with Crippen molar-refractivity contribution in [2.24, 2.45) is 7.05 Å². The first-order chi connectivity index (χ1) is 13.4. The summed E-state index contributed by atoms with van der Waals surface area (Å²) in [7, 11) is 1.83. The molecule has 4 rings (SSSR count). The molecule has 0 bridgehead atoms. The molecule has 2 aromatic heterocycles. The Hall–Kier alpha value is -2.99. The molecule has 2 aromatic carbocycles. The molecule has 28 heavy (non-hydrogen) atoms. The van der Waals surface area contributed by atoms with E-state index < -0.39 is 11.4 Å². The van der Waals surface area contributed by atoms with Gasteiger partial charge in [-0.15, -0.1) is 10.2 Å². The van der Waals surface area contributed by atoms with Crippen LogP contribution >= 0.6 is 11.6 Å². The fraction of sp³-hybridized carbons (Fsp3) is 0.190. The van der Waals surface area contributed by atoms with Crippen LogP contribution in [0, 0.1) is 5.82 Å². The number of halogens is 2. The normalized spacial score (nSPS) is 11.8. The minimum Gasteiger partial charge on any atom is -0.479 e. The van der Waals surface area contributed by atoms with Crippen LogP contribution in [-0.2, 0) is 12.6 Å². The van der Waals surface area contributed by atoms with E-state index in [1.54, 1.807) is 12.3 Å². The number of fused-ring (bicyclic) bond motifs is 1. The standard InChI is InChI=1S/C21H18ClFN4O/c1-21(2,28-18-8-4-7-17-15(18)6-5-11-24-17)20-26-25-19(27(20)3)14-10-9-13(23)12-16(14)22/h4-12H,1-3H3. The van der Waals surface area contributed by atoms with Crippen molar-refractivity contribution < 1.29 is 9.13 Å². The highest BCUT2D eigenvalue weighted by Crippen LogP contribution is 2.34. The number of hydrogen-bond acceptors (Lipinski definition) is 4. The number of aromatic nitrogens is 4. The fourth-order valence-electron chi connectivity index (χ4n) is 3.24. The van der Waals surface area contributed by atoms with E-state index in [1.165, 1.54) is 12.1 Å². The molecule has 0 N–H and O–H groups in total. The lowest BCUT2D eigenvalue weighted by atomic mass is 10.1. The lowest BCUT2D eigenvalue weighted by Gasteiger charge is -2.26. The average Bonchev–Trinajstić information content (AvgIpc) is 3.04. The third-order valence-electron chi connectivity index (χ3n) is 4.56. The van der Waals surface area contributed by atoms with Crippen molar-refractivity contribution in [3.05, 3.63) is 71.4 Å². The van der Waals surface area contributed by atoms with Crippen LogP contribution in [0.3, 0.4) is 0 Å². The van der Waals surface area contributed by atoms with Crippen molar-refractivity contribution >= 4 is 22.5 Å². The van der Waals surface area contributed by atoms with Crippen LogP contribution in [0.15, 0.2) is 54.7 Å². The van der Waals surface area contributed by atoms with Crippen LogP contribution in [0.4, 0.5) is 4.39 Å². The van der Waals surface area contributed by atoms with E-state index in [-0.39, 0.29) is 5.02 Å². The van der Waals surface area contributed by atoms with Gasteiger partial charge in [-0.25, -0.2) is 4.39 Å². The van der Waals surface area contributed by atoms with E-state index in [0.29, 0.717) is 23.0 Å². The van der Waals surface area contributed by atoms with Gasteiger partial charge in [0.15, 0.2) is 17.2 Å². The predicted molar refractivity (Wildman–Crippen MR) is 107 cm³/mol. The average molecular weight is 397 g/mol. The van der Waals surface area contributed by atoms with Gasteiger partial charge in [0.05, 0.1) is 10.5 Å². The van der Waals surface area contributed by atoms with Crippen LogP contribution in [0.5, 0.6) is 5.75 Å². The Balaban J connectivity index is 1.73. The van der Waals surface area contributed by atoms with Gasteiger partial charge in [0.2, 0.25) is 0 Å². The Kier molecular flexibility index (Phi) is 4.51. The molecular weight excluding hydrogens is 379 g/mol. The van der Waals surface area contributed by atoms with Crippen LogP contribution in [0.25, 0.3) is 22.3 Å². The SMILES string of the molecule is Cn1c(-c2ccc(F)cc2Cl)nnc1C(C)(C)Oc1cccc2ncccc12. The molecule has 0 spiro atoms. The Morgan fingerprint density at radius 1 is 1.07 bits per heavy atom. The summed E-state index contributed by atoms with van der Waals surface area (Å²) in [5.74, 6) is 1.46. The summed E-state index contributed by atoms with van der Waals surface area (Å²) in [5.41, 5.74) is 0.679. The largest absolute Gasteiger partial charge is 0.479 e. The summed E-state index contributed by atoms with van der Waals surface area (Å²) in [5, 5.41) is 9.78. The van der Waals surface area contributed by atoms with Crippen molar-refractivity contribution in [2.75, 3.05) is 0 Å². The third kappa shape index (κ3) is 3.20. The van der Waals surface area contributed by atoms with E-state index in [0.717, 1.165) is 10.9 Å². The zero-order valence-electron chi connectivity index (χ0n) is 15.6. The van der Waals surface area contributed by atoms with E-state index >= 15 is 0 Å². The number of rotatable bonds is 4. The molecule has 2 heterocycles. The summed E-state index contributed by atoms with van der Waals surface area (Å²) in [4.78, 5) is 4.36. The first-order valence-electron chi connectivity index (χ1n) is 8.75. The van der Waals surface area contributed by atoms with Crippen molar-refractivity contribution in [1.82, 2.24) is 19.7 Å². The van der Waals surface area contributed by atoms with Crippen LogP contribution < -0.4 is 4.74 Å². The molecule has 0 amide bonds. The number of hydrogen-bond donors (Lipinski definition) is 0. The highest BCUT2D eigenvalue weighted by molar-refractivity contribution is 6.33. The summed E-state index contributed by atoms with van der Waals surface area (Å²) in [6.45, 7) is 3.84. The number of nitrogens with zero attached hydrogens (tertiary/aromatic N) is 4. The molecule has 7 heteroatoms. The van der Waals surface area contributed by atoms with Gasteiger partial charge in [-0.05, 0) is 56.3 Å². The molecule has 0 atom stereocenters. The maximum Gasteiger partial charge on any atom is 0.176 e. The number of ether oxygens (including phenoxy) is 1. The van der Waals surface area contributed by atoms with Crippen molar-refractivity contribution in [1.29, 1.82) is 0 Å². The summed E-state index contributed by atoms with van der Waals surface area (Å²) in [6, 6.07) is 13.8. The Morgan fingerprint density at radius 2 is 1.89 bits per heavy atom. The van der Waals surface area contributed by atoms with Gasteiger partial charge in [0, 0.05) is 24.2 Å². The number of pyridine rings is 1. The van der Waals surface area contributed by atoms with Crippen molar-refractivity contribution in [2.45, 2.75) is 19.4 Å². The zero-order chi connectivity index (χ0) is 19.9. The van der Waals surface area contributed by atoms with Crippen LogP contribution in [0.1, 0.15) is 19.7 Å². The second-order valence-electron chi connectivity index (χ2n) is 6.97.